The van der Waals surface area contributed by atoms with Crippen molar-refractivity contribution in [1.82, 2.24) is 5.32 Å². The molecule has 0 aromatic heterocycles. The zero-order valence-corrected chi connectivity index (χ0v) is 10.0. The Hall–Kier alpha value is -0.770. The number of benzene rings is 1. The third kappa shape index (κ3) is 2.67. The minimum Gasteiger partial charge on any atom is -0.464 e. The molecule has 1 aliphatic heterocycles. The van der Waals surface area contributed by atoms with Crippen molar-refractivity contribution in [3.63, 3.8) is 0 Å². The summed E-state index contributed by atoms with van der Waals surface area (Å²) in [6.45, 7) is 1.03. The van der Waals surface area contributed by atoms with Gasteiger partial charge >= 0.3 is 5.97 Å². The monoisotopic (exact) mass is 259 g/mol. The number of rotatable bonds is 3. The molecular formula is C11H11Cl2NO2. The lowest BCUT2D eigenvalue weighted by molar-refractivity contribution is -0.139. The standard InChI is InChI=1S/C11H11Cl2NO2/c12-8-2-1-7(9(13)5-8)6-14-10-3-4-16-11(10)15/h1-2,5,10,14H,3-4,6H2. The number of hydrogen-bond acceptors (Lipinski definition) is 3. The normalized spacial score (nSPS) is 19.9. The molecule has 16 heavy (non-hydrogen) atoms. The van der Waals surface area contributed by atoms with Gasteiger partial charge in [-0.15, -0.1) is 0 Å². The summed E-state index contributed by atoms with van der Waals surface area (Å²) in [7, 11) is 0. The van der Waals surface area contributed by atoms with Crippen molar-refractivity contribution in [2.45, 2.75) is 19.0 Å². The van der Waals surface area contributed by atoms with E-state index in [1.165, 1.54) is 0 Å². The van der Waals surface area contributed by atoms with E-state index in [0.29, 0.717) is 29.6 Å². The molecule has 1 heterocycles. The van der Waals surface area contributed by atoms with E-state index in [9.17, 15) is 4.79 Å². The van der Waals surface area contributed by atoms with E-state index < -0.39 is 0 Å². The molecule has 0 saturated carbocycles. The fourth-order valence-corrected chi connectivity index (χ4v) is 2.05. The first-order valence-electron chi connectivity index (χ1n) is 5.01. The van der Waals surface area contributed by atoms with Gasteiger partial charge in [-0.2, -0.15) is 0 Å². The maximum atomic E-state index is 11.2. The number of carbonyl (C=O) groups is 1. The molecule has 1 aliphatic rings. The van der Waals surface area contributed by atoms with Crippen molar-refractivity contribution < 1.29 is 9.53 Å². The van der Waals surface area contributed by atoms with E-state index in [-0.39, 0.29) is 12.0 Å². The number of ether oxygens (including phenoxy) is 1. The maximum absolute atomic E-state index is 11.2. The summed E-state index contributed by atoms with van der Waals surface area (Å²) in [6, 6.07) is 5.09. The molecule has 0 bridgehead atoms. The highest BCUT2D eigenvalue weighted by Gasteiger charge is 2.25. The van der Waals surface area contributed by atoms with Crippen molar-refractivity contribution in [2.24, 2.45) is 0 Å². The largest absolute Gasteiger partial charge is 0.464 e. The first-order valence-corrected chi connectivity index (χ1v) is 5.76. The Balaban J connectivity index is 1.96. The maximum Gasteiger partial charge on any atom is 0.323 e. The fourth-order valence-electron chi connectivity index (χ4n) is 1.58. The molecule has 1 saturated heterocycles. The van der Waals surface area contributed by atoms with Crippen LogP contribution < -0.4 is 5.32 Å². The van der Waals surface area contributed by atoms with Crippen LogP contribution in [0.5, 0.6) is 0 Å². The van der Waals surface area contributed by atoms with Crippen LogP contribution in [0.4, 0.5) is 0 Å². The van der Waals surface area contributed by atoms with Gasteiger partial charge in [-0.3, -0.25) is 4.79 Å². The second-order valence-electron chi connectivity index (χ2n) is 3.63. The third-order valence-corrected chi connectivity index (χ3v) is 3.08. The number of cyclic esters (lactones) is 1. The van der Waals surface area contributed by atoms with Crippen LogP contribution >= 0.6 is 23.2 Å². The van der Waals surface area contributed by atoms with Crippen LogP contribution in [0.15, 0.2) is 18.2 Å². The average molecular weight is 260 g/mol. The smallest absolute Gasteiger partial charge is 0.323 e. The highest BCUT2D eigenvalue weighted by molar-refractivity contribution is 6.35. The minimum absolute atomic E-state index is 0.190. The minimum atomic E-state index is -0.216. The lowest BCUT2D eigenvalue weighted by Gasteiger charge is -2.09. The molecule has 1 N–H and O–H groups in total. The van der Waals surface area contributed by atoms with Gasteiger partial charge in [0, 0.05) is 23.0 Å². The van der Waals surface area contributed by atoms with Crippen molar-refractivity contribution >= 4 is 29.2 Å². The van der Waals surface area contributed by atoms with Crippen LogP contribution in [0, 0.1) is 0 Å². The Morgan fingerprint density at radius 3 is 2.88 bits per heavy atom. The molecule has 1 fully saturated rings. The molecule has 0 aliphatic carbocycles. The second kappa shape index (κ2) is 5.04. The van der Waals surface area contributed by atoms with E-state index in [2.05, 4.69) is 5.32 Å². The van der Waals surface area contributed by atoms with Gasteiger partial charge in [-0.25, -0.2) is 0 Å². The number of halogens is 2. The zero-order chi connectivity index (χ0) is 11.5. The van der Waals surface area contributed by atoms with Crippen LogP contribution in [-0.4, -0.2) is 18.6 Å². The van der Waals surface area contributed by atoms with Gasteiger partial charge in [0.25, 0.3) is 0 Å². The molecule has 1 atom stereocenters. The zero-order valence-electron chi connectivity index (χ0n) is 8.50. The Bertz CT molecular complexity index is 409. The van der Waals surface area contributed by atoms with Crippen molar-refractivity contribution in [2.75, 3.05) is 6.61 Å². The molecule has 1 unspecified atom stereocenters. The lowest BCUT2D eigenvalue weighted by Crippen LogP contribution is -2.32. The highest BCUT2D eigenvalue weighted by Crippen LogP contribution is 2.21. The Morgan fingerprint density at radius 1 is 1.44 bits per heavy atom. The molecule has 0 spiro atoms. The van der Waals surface area contributed by atoms with Gasteiger partial charge in [0.1, 0.15) is 6.04 Å². The summed E-state index contributed by atoms with van der Waals surface area (Å²) < 4.78 is 4.85. The van der Waals surface area contributed by atoms with Crippen LogP contribution in [0.2, 0.25) is 10.0 Å². The van der Waals surface area contributed by atoms with Crippen molar-refractivity contribution in [1.29, 1.82) is 0 Å². The third-order valence-electron chi connectivity index (χ3n) is 2.49. The summed E-state index contributed by atoms with van der Waals surface area (Å²) in [5.74, 6) is -0.190. The highest BCUT2D eigenvalue weighted by atomic mass is 35.5. The molecule has 5 heteroatoms. The molecule has 3 nitrogen and oxygen atoms in total. The number of nitrogens with one attached hydrogen (secondary N) is 1. The summed E-state index contributed by atoms with van der Waals surface area (Å²) in [4.78, 5) is 11.2. The predicted molar refractivity (Wildman–Crippen MR) is 62.7 cm³/mol. The molecule has 1 aromatic carbocycles. The topological polar surface area (TPSA) is 38.3 Å². The van der Waals surface area contributed by atoms with Gasteiger partial charge < -0.3 is 10.1 Å². The Labute approximate surface area is 104 Å². The summed E-state index contributed by atoms with van der Waals surface area (Å²) in [6.07, 6.45) is 0.712. The quantitative estimate of drug-likeness (QED) is 0.848. The number of hydrogen-bond donors (Lipinski definition) is 1. The molecule has 0 amide bonds. The van der Waals surface area contributed by atoms with Crippen LogP contribution in [0.1, 0.15) is 12.0 Å². The molecular weight excluding hydrogens is 249 g/mol. The van der Waals surface area contributed by atoms with Crippen LogP contribution in [0.25, 0.3) is 0 Å². The van der Waals surface area contributed by atoms with E-state index in [1.807, 2.05) is 6.07 Å². The van der Waals surface area contributed by atoms with Crippen LogP contribution in [-0.2, 0) is 16.1 Å². The summed E-state index contributed by atoms with van der Waals surface area (Å²) >= 11 is 11.8. The van der Waals surface area contributed by atoms with Gasteiger partial charge in [-0.1, -0.05) is 29.3 Å². The first-order chi connectivity index (χ1) is 7.66. The lowest BCUT2D eigenvalue weighted by atomic mass is 10.2. The Kier molecular flexibility index (Phi) is 3.69. The van der Waals surface area contributed by atoms with Gasteiger partial charge in [-0.05, 0) is 17.7 Å². The second-order valence-corrected chi connectivity index (χ2v) is 4.47. The van der Waals surface area contributed by atoms with Gasteiger partial charge in [0.2, 0.25) is 0 Å². The Morgan fingerprint density at radius 2 is 2.25 bits per heavy atom. The summed E-state index contributed by atoms with van der Waals surface area (Å²) in [5.41, 5.74) is 0.922. The SMILES string of the molecule is O=C1OCCC1NCc1ccc(Cl)cc1Cl. The van der Waals surface area contributed by atoms with E-state index in [4.69, 9.17) is 27.9 Å². The van der Waals surface area contributed by atoms with E-state index in [1.54, 1.807) is 12.1 Å². The van der Waals surface area contributed by atoms with Crippen molar-refractivity contribution in [3.8, 4) is 0 Å². The van der Waals surface area contributed by atoms with Crippen molar-refractivity contribution in [3.05, 3.63) is 33.8 Å². The molecule has 2 rings (SSSR count). The van der Waals surface area contributed by atoms with Gasteiger partial charge in [0.05, 0.1) is 6.61 Å². The first kappa shape index (κ1) is 11.7. The van der Waals surface area contributed by atoms with Crippen LogP contribution in [0.3, 0.4) is 0 Å². The molecule has 1 aromatic rings. The molecule has 86 valence electrons. The van der Waals surface area contributed by atoms with E-state index in [0.717, 1.165) is 5.56 Å². The number of carbonyl (C=O) groups excluding carboxylic acids is 1. The average Bonchev–Trinajstić information content (AvgIpc) is 2.63. The predicted octanol–water partition coefficient (Wildman–Crippen LogP) is 2.40. The summed E-state index contributed by atoms with van der Waals surface area (Å²) in [5, 5.41) is 4.31. The van der Waals surface area contributed by atoms with Gasteiger partial charge in [0.15, 0.2) is 0 Å². The fraction of sp³-hybridized carbons (Fsp3) is 0.364. The number of esters is 1. The van der Waals surface area contributed by atoms with E-state index >= 15 is 0 Å². The molecule has 0 radical (unpaired) electrons.